The first-order chi connectivity index (χ1) is 8.49. The van der Waals surface area contributed by atoms with Crippen molar-refractivity contribution in [1.29, 1.82) is 0 Å². The van der Waals surface area contributed by atoms with Gasteiger partial charge in [-0.05, 0) is 33.6 Å². The lowest BCUT2D eigenvalue weighted by atomic mass is 10.1. The minimum absolute atomic E-state index is 0.326. The lowest BCUT2D eigenvalue weighted by Crippen LogP contribution is -2.08. The van der Waals surface area contributed by atoms with E-state index in [2.05, 4.69) is 20.9 Å². The van der Waals surface area contributed by atoms with Gasteiger partial charge in [0.1, 0.15) is 22.9 Å². The topological polar surface area (TPSA) is 38.0 Å². The second-order valence-electron chi connectivity index (χ2n) is 3.97. The highest BCUT2D eigenvalue weighted by molar-refractivity contribution is 9.10. The Hall–Kier alpha value is -0.910. The van der Waals surface area contributed by atoms with E-state index in [0.29, 0.717) is 21.9 Å². The van der Waals surface area contributed by atoms with Crippen molar-refractivity contribution in [2.24, 2.45) is 7.05 Å². The van der Waals surface area contributed by atoms with Gasteiger partial charge in [-0.1, -0.05) is 17.7 Å². The van der Waals surface area contributed by atoms with Crippen LogP contribution in [0.4, 0.5) is 4.39 Å². The predicted octanol–water partition coefficient (Wildman–Crippen LogP) is 3.25. The SMILES string of the molecule is Cn1c(Cl)cnc1C(O)Cc1ccc(F)c(Br)c1. The van der Waals surface area contributed by atoms with E-state index in [9.17, 15) is 9.50 Å². The van der Waals surface area contributed by atoms with Crippen molar-refractivity contribution in [2.75, 3.05) is 0 Å². The molecule has 0 aliphatic carbocycles. The predicted molar refractivity (Wildman–Crippen MR) is 71.0 cm³/mol. The first-order valence-corrected chi connectivity index (χ1v) is 6.45. The highest BCUT2D eigenvalue weighted by atomic mass is 79.9. The summed E-state index contributed by atoms with van der Waals surface area (Å²) in [6, 6.07) is 4.63. The van der Waals surface area contributed by atoms with E-state index >= 15 is 0 Å². The smallest absolute Gasteiger partial charge is 0.138 e. The molecule has 1 unspecified atom stereocenters. The molecule has 1 heterocycles. The van der Waals surface area contributed by atoms with Gasteiger partial charge in [0.15, 0.2) is 0 Å². The molecule has 1 atom stereocenters. The number of aliphatic hydroxyl groups excluding tert-OH is 1. The second kappa shape index (κ2) is 5.38. The molecule has 6 heteroatoms. The van der Waals surface area contributed by atoms with Crippen molar-refractivity contribution >= 4 is 27.5 Å². The lowest BCUT2D eigenvalue weighted by molar-refractivity contribution is 0.165. The van der Waals surface area contributed by atoms with Gasteiger partial charge in [-0.2, -0.15) is 0 Å². The monoisotopic (exact) mass is 332 g/mol. The number of rotatable bonds is 3. The largest absolute Gasteiger partial charge is 0.385 e. The van der Waals surface area contributed by atoms with Crippen molar-refractivity contribution in [2.45, 2.75) is 12.5 Å². The van der Waals surface area contributed by atoms with Crippen LogP contribution in [0.3, 0.4) is 0 Å². The van der Waals surface area contributed by atoms with E-state index < -0.39 is 6.10 Å². The minimum atomic E-state index is -0.778. The van der Waals surface area contributed by atoms with Crippen LogP contribution in [0.5, 0.6) is 0 Å². The van der Waals surface area contributed by atoms with Gasteiger partial charge in [-0.3, -0.25) is 0 Å². The molecule has 1 aromatic carbocycles. The molecule has 0 saturated carbocycles. The fourth-order valence-electron chi connectivity index (χ4n) is 1.69. The standard InChI is InChI=1S/C12H11BrClFN2O/c1-17-11(14)6-16-12(17)10(18)5-7-2-3-9(15)8(13)4-7/h2-4,6,10,18H,5H2,1H3. The Bertz CT molecular complexity index is 573. The average molecular weight is 334 g/mol. The molecule has 0 spiro atoms. The van der Waals surface area contributed by atoms with Crippen LogP contribution in [-0.4, -0.2) is 14.7 Å². The third-order valence-corrected chi connectivity index (χ3v) is 3.64. The Labute approximate surface area is 117 Å². The van der Waals surface area contributed by atoms with Crippen molar-refractivity contribution in [3.63, 3.8) is 0 Å². The van der Waals surface area contributed by atoms with Crippen LogP contribution in [0.25, 0.3) is 0 Å². The highest BCUT2D eigenvalue weighted by Crippen LogP contribution is 2.23. The molecule has 0 aliphatic rings. The summed E-state index contributed by atoms with van der Waals surface area (Å²) in [6.45, 7) is 0. The molecule has 1 N–H and O–H groups in total. The Morgan fingerprint density at radius 3 is 2.83 bits per heavy atom. The minimum Gasteiger partial charge on any atom is -0.385 e. The van der Waals surface area contributed by atoms with E-state index in [-0.39, 0.29) is 5.82 Å². The number of halogens is 3. The number of benzene rings is 1. The molecule has 2 aromatic rings. The van der Waals surface area contributed by atoms with Crippen LogP contribution in [-0.2, 0) is 13.5 Å². The number of imidazole rings is 1. The van der Waals surface area contributed by atoms with E-state index in [1.54, 1.807) is 23.7 Å². The molecular weight excluding hydrogens is 322 g/mol. The zero-order valence-corrected chi connectivity index (χ0v) is 11.9. The van der Waals surface area contributed by atoms with E-state index in [1.807, 2.05) is 0 Å². The molecule has 3 nitrogen and oxygen atoms in total. The zero-order chi connectivity index (χ0) is 13.3. The van der Waals surface area contributed by atoms with Crippen molar-refractivity contribution < 1.29 is 9.50 Å². The van der Waals surface area contributed by atoms with Gasteiger partial charge < -0.3 is 9.67 Å². The van der Waals surface area contributed by atoms with Crippen LogP contribution in [0, 0.1) is 5.82 Å². The van der Waals surface area contributed by atoms with Crippen LogP contribution in [0.1, 0.15) is 17.5 Å². The van der Waals surface area contributed by atoms with Crippen molar-refractivity contribution in [3.05, 3.63) is 51.2 Å². The molecule has 0 fully saturated rings. The van der Waals surface area contributed by atoms with Gasteiger partial charge in [0.2, 0.25) is 0 Å². The Kier molecular flexibility index (Phi) is 4.04. The van der Waals surface area contributed by atoms with E-state index in [1.165, 1.54) is 12.3 Å². The van der Waals surface area contributed by atoms with Gasteiger partial charge in [0.25, 0.3) is 0 Å². The average Bonchev–Trinajstić information content (AvgIpc) is 2.65. The summed E-state index contributed by atoms with van der Waals surface area (Å²) in [7, 11) is 1.73. The summed E-state index contributed by atoms with van der Waals surface area (Å²) < 4.78 is 15.1. The van der Waals surface area contributed by atoms with Crippen LogP contribution in [0.15, 0.2) is 28.9 Å². The number of nitrogens with zero attached hydrogens (tertiary/aromatic N) is 2. The molecule has 0 aliphatic heterocycles. The molecule has 0 radical (unpaired) electrons. The number of aliphatic hydroxyl groups is 1. The Morgan fingerprint density at radius 2 is 2.28 bits per heavy atom. The fraction of sp³-hybridized carbons (Fsp3) is 0.250. The number of hydrogen-bond donors (Lipinski definition) is 1. The Morgan fingerprint density at radius 1 is 1.56 bits per heavy atom. The lowest BCUT2D eigenvalue weighted by Gasteiger charge is -2.11. The van der Waals surface area contributed by atoms with Crippen LogP contribution < -0.4 is 0 Å². The van der Waals surface area contributed by atoms with Gasteiger partial charge in [0.05, 0.1) is 10.7 Å². The molecule has 0 bridgehead atoms. The molecule has 0 saturated heterocycles. The van der Waals surface area contributed by atoms with Crippen molar-refractivity contribution in [1.82, 2.24) is 9.55 Å². The quantitative estimate of drug-likeness (QED) is 0.936. The fourth-order valence-corrected chi connectivity index (χ4v) is 2.25. The third-order valence-electron chi connectivity index (χ3n) is 2.68. The van der Waals surface area contributed by atoms with E-state index in [4.69, 9.17) is 11.6 Å². The maximum Gasteiger partial charge on any atom is 0.138 e. The summed E-state index contributed by atoms with van der Waals surface area (Å²) in [6.07, 6.45) is 1.06. The summed E-state index contributed by atoms with van der Waals surface area (Å²) >= 11 is 8.97. The van der Waals surface area contributed by atoms with Crippen molar-refractivity contribution in [3.8, 4) is 0 Å². The van der Waals surface area contributed by atoms with E-state index in [0.717, 1.165) is 5.56 Å². The second-order valence-corrected chi connectivity index (χ2v) is 5.21. The first kappa shape index (κ1) is 13.5. The molecule has 18 heavy (non-hydrogen) atoms. The molecule has 96 valence electrons. The number of hydrogen-bond acceptors (Lipinski definition) is 2. The first-order valence-electron chi connectivity index (χ1n) is 5.28. The molecule has 0 amide bonds. The number of aromatic nitrogens is 2. The zero-order valence-electron chi connectivity index (χ0n) is 9.57. The third kappa shape index (κ3) is 2.74. The maximum absolute atomic E-state index is 13.1. The summed E-state index contributed by atoms with van der Waals surface area (Å²) in [4.78, 5) is 4.05. The molecule has 1 aromatic heterocycles. The normalized spacial score (nSPS) is 12.7. The van der Waals surface area contributed by atoms with Crippen LogP contribution >= 0.6 is 27.5 Å². The van der Waals surface area contributed by atoms with Gasteiger partial charge in [-0.15, -0.1) is 0 Å². The highest BCUT2D eigenvalue weighted by Gasteiger charge is 2.15. The van der Waals surface area contributed by atoms with Gasteiger partial charge >= 0.3 is 0 Å². The summed E-state index contributed by atoms with van der Waals surface area (Å²) in [5.41, 5.74) is 0.815. The molecule has 2 rings (SSSR count). The van der Waals surface area contributed by atoms with Gasteiger partial charge in [0, 0.05) is 13.5 Å². The summed E-state index contributed by atoms with van der Waals surface area (Å²) in [5, 5.41) is 10.5. The van der Waals surface area contributed by atoms with Crippen LogP contribution in [0.2, 0.25) is 5.15 Å². The maximum atomic E-state index is 13.1. The Balaban J connectivity index is 2.18. The molecular formula is C12H11BrClFN2O. The summed E-state index contributed by atoms with van der Waals surface area (Å²) in [5.74, 6) is 0.161. The van der Waals surface area contributed by atoms with Gasteiger partial charge in [-0.25, -0.2) is 9.37 Å².